The van der Waals surface area contributed by atoms with E-state index in [-0.39, 0.29) is 11.0 Å². The molecule has 0 saturated heterocycles. The summed E-state index contributed by atoms with van der Waals surface area (Å²) >= 11 is 0. The summed E-state index contributed by atoms with van der Waals surface area (Å²) in [6.45, 7) is 15.9. The molecular formula is C28H33N7O. The highest BCUT2D eigenvalue weighted by Gasteiger charge is 2.21. The zero-order chi connectivity index (χ0) is 25.4. The number of allylic oxidation sites excluding steroid dienone is 1. The zero-order valence-corrected chi connectivity index (χ0v) is 21.5. The molecule has 5 rings (SSSR count). The first kappa shape index (κ1) is 23.9. The van der Waals surface area contributed by atoms with Gasteiger partial charge in [0.15, 0.2) is 5.65 Å². The number of nitrogens with zero attached hydrogens (tertiary/aromatic N) is 6. The van der Waals surface area contributed by atoms with E-state index in [2.05, 4.69) is 72.7 Å². The van der Waals surface area contributed by atoms with Crippen molar-refractivity contribution in [2.24, 2.45) is 0 Å². The number of likely N-dealkylation sites (N-methyl/N-ethyl adjacent to an activating group) is 1. The van der Waals surface area contributed by atoms with E-state index < -0.39 is 0 Å². The van der Waals surface area contributed by atoms with Gasteiger partial charge in [0, 0.05) is 42.3 Å². The predicted octanol–water partition coefficient (Wildman–Crippen LogP) is 4.58. The number of fused-ring (bicyclic) bond motifs is 2. The van der Waals surface area contributed by atoms with Crippen molar-refractivity contribution in [2.45, 2.75) is 52.6 Å². The van der Waals surface area contributed by atoms with Crippen molar-refractivity contribution < 1.29 is 0 Å². The van der Waals surface area contributed by atoms with Crippen molar-refractivity contribution in [2.75, 3.05) is 18.4 Å². The first-order chi connectivity index (χ1) is 17.3. The Hall–Kier alpha value is -3.78. The first-order valence-corrected chi connectivity index (χ1v) is 12.5. The number of benzene rings is 1. The molecule has 8 nitrogen and oxygen atoms in total. The van der Waals surface area contributed by atoms with Crippen molar-refractivity contribution in [3.8, 4) is 5.69 Å². The molecule has 1 aliphatic rings. The highest BCUT2D eigenvalue weighted by Crippen LogP contribution is 2.26. The molecule has 8 heteroatoms. The summed E-state index contributed by atoms with van der Waals surface area (Å²) in [5.41, 5.74) is 5.67. The van der Waals surface area contributed by atoms with Gasteiger partial charge in [-0.1, -0.05) is 39.8 Å². The van der Waals surface area contributed by atoms with Crippen molar-refractivity contribution in [1.82, 2.24) is 29.2 Å². The summed E-state index contributed by atoms with van der Waals surface area (Å²) in [7, 11) is 0. The lowest BCUT2D eigenvalue weighted by molar-refractivity contribution is 0.268. The Labute approximate surface area is 211 Å². The minimum absolute atomic E-state index is 0.134. The number of rotatable bonds is 6. The Balaban J connectivity index is 1.57. The molecule has 0 atom stereocenters. The number of hydrogen-bond acceptors (Lipinski definition) is 6. The van der Waals surface area contributed by atoms with E-state index in [0.717, 1.165) is 43.1 Å². The minimum atomic E-state index is -0.153. The topological polar surface area (TPSA) is 80.9 Å². The molecule has 36 heavy (non-hydrogen) atoms. The quantitative estimate of drug-likeness (QED) is 0.404. The van der Waals surface area contributed by atoms with Crippen LogP contribution in [0.4, 0.5) is 11.6 Å². The van der Waals surface area contributed by atoms with Crippen molar-refractivity contribution in [3.63, 3.8) is 0 Å². The van der Waals surface area contributed by atoms with Crippen LogP contribution in [-0.4, -0.2) is 42.3 Å². The van der Waals surface area contributed by atoms with Gasteiger partial charge in [0.1, 0.15) is 5.39 Å². The second kappa shape index (κ2) is 9.35. The van der Waals surface area contributed by atoms with Crippen LogP contribution in [0.5, 0.6) is 0 Å². The molecule has 1 aromatic carbocycles. The largest absolute Gasteiger partial charge is 0.324 e. The molecule has 4 aromatic rings. The molecule has 0 bridgehead atoms. The molecule has 0 saturated carbocycles. The summed E-state index contributed by atoms with van der Waals surface area (Å²) in [4.78, 5) is 29.5. The molecule has 1 N–H and O–H groups in total. The Morgan fingerprint density at radius 1 is 1.14 bits per heavy atom. The summed E-state index contributed by atoms with van der Waals surface area (Å²) in [5, 5.41) is 3.81. The maximum atomic E-state index is 13.3. The fourth-order valence-electron chi connectivity index (χ4n) is 4.69. The lowest BCUT2D eigenvalue weighted by Gasteiger charge is -2.27. The average molecular weight is 484 g/mol. The highest BCUT2D eigenvalue weighted by atomic mass is 16.1. The van der Waals surface area contributed by atoms with E-state index in [0.29, 0.717) is 23.5 Å². The van der Waals surface area contributed by atoms with E-state index in [4.69, 9.17) is 4.98 Å². The van der Waals surface area contributed by atoms with Crippen LogP contribution >= 0.6 is 0 Å². The standard InChI is InChI=1S/C28H33N7O/c1-6-13-34-26(36)23-17-30-27(31-21-9-8-20-18-33(7-2)14-11-19(20)15-21)32-25(23)35(34)22-10-12-29-24(16-22)28(3,4)5/h6,8-10,12,15-17H,1,7,11,13-14,18H2,2-5H3,(H,30,31,32). The van der Waals surface area contributed by atoms with Crippen LogP contribution in [0, 0.1) is 0 Å². The van der Waals surface area contributed by atoms with E-state index in [9.17, 15) is 4.79 Å². The Morgan fingerprint density at radius 2 is 1.97 bits per heavy atom. The van der Waals surface area contributed by atoms with Crippen LogP contribution in [0.2, 0.25) is 0 Å². The van der Waals surface area contributed by atoms with E-state index >= 15 is 0 Å². The summed E-state index contributed by atoms with van der Waals surface area (Å²) < 4.78 is 3.48. The Bertz CT molecular complexity index is 1490. The molecule has 0 aliphatic carbocycles. The smallest absolute Gasteiger partial charge is 0.278 e. The maximum Gasteiger partial charge on any atom is 0.278 e. The average Bonchev–Trinajstić information content (AvgIpc) is 3.14. The predicted molar refractivity (Wildman–Crippen MR) is 144 cm³/mol. The normalized spacial score (nSPS) is 14.1. The van der Waals surface area contributed by atoms with Crippen LogP contribution in [0.1, 0.15) is 44.5 Å². The van der Waals surface area contributed by atoms with Gasteiger partial charge in [-0.3, -0.25) is 14.7 Å². The van der Waals surface area contributed by atoms with Crippen LogP contribution in [0.15, 0.2) is 60.2 Å². The molecule has 3 aromatic heterocycles. The summed E-state index contributed by atoms with van der Waals surface area (Å²) in [5.74, 6) is 0.447. The lowest BCUT2D eigenvalue weighted by Crippen LogP contribution is -2.30. The molecule has 0 spiro atoms. The molecule has 0 amide bonds. The zero-order valence-electron chi connectivity index (χ0n) is 21.5. The molecule has 1 aliphatic heterocycles. The van der Waals surface area contributed by atoms with Gasteiger partial charge in [0.25, 0.3) is 5.56 Å². The van der Waals surface area contributed by atoms with E-state index in [1.807, 2.05) is 16.8 Å². The third-order valence-corrected chi connectivity index (χ3v) is 6.74. The van der Waals surface area contributed by atoms with Gasteiger partial charge in [0.2, 0.25) is 5.95 Å². The molecule has 4 heterocycles. The minimum Gasteiger partial charge on any atom is -0.324 e. The second-order valence-corrected chi connectivity index (χ2v) is 10.3. The molecule has 0 unspecified atom stereocenters. The van der Waals surface area contributed by atoms with Gasteiger partial charge in [0.05, 0.1) is 12.2 Å². The van der Waals surface area contributed by atoms with E-state index in [1.54, 1.807) is 23.2 Å². The Morgan fingerprint density at radius 3 is 2.72 bits per heavy atom. The molecule has 186 valence electrons. The summed E-state index contributed by atoms with van der Waals surface area (Å²) in [6.07, 6.45) is 6.12. The van der Waals surface area contributed by atoms with Crippen molar-refractivity contribution in [1.29, 1.82) is 0 Å². The Kier molecular flexibility index (Phi) is 6.22. The van der Waals surface area contributed by atoms with Gasteiger partial charge in [-0.15, -0.1) is 6.58 Å². The first-order valence-electron chi connectivity index (χ1n) is 12.5. The molecule has 0 radical (unpaired) electrons. The fourth-order valence-corrected chi connectivity index (χ4v) is 4.69. The lowest BCUT2D eigenvalue weighted by atomic mass is 9.91. The van der Waals surface area contributed by atoms with Gasteiger partial charge < -0.3 is 5.32 Å². The third kappa shape index (κ3) is 4.44. The van der Waals surface area contributed by atoms with Crippen LogP contribution in [-0.2, 0) is 24.9 Å². The second-order valence-electron chi connectivity index (χ2n) is 10.3. The fraction of sp³-hybridized carbons (Fsp3) is 0.357. The van der Waals surface area contributed by atoms with E-state index in [1.165, 1.54) is 11.1 Å². The van der Waals surface area contributed by atoms with Gasteiger partial charge in [-0.25, -0.2) is 14.3 Å². The van der Waals surface area contributed by atoms with Crippen LogP contribution in [0.3, 0.4) is 0 Å². The number of nitrogens with one attached hydrogen (secondary N) is 1. The number of anilines is 2. The number of hydrogen-bond donors (Lipinski definition) is 1. The highest BCUT2D eigenvalue weighted by molar-refractivity contribution is 5.77. The molecule has 0 fully saturated rings. The number of aromatic nitrogens is 5. The molecular weight excluding hydrogens is 450 g/mol. The van der Waals surface area contributed by atoms with Crippen LogP contribution < -0.4 is 10.9 Å². The monoisotopic (exact) mass is 483 g/mol. The SMILES string of the molecule is C=CCn1c(=O)c2cnc(Nc3ccc4c(c3)CCN(CC)C4)nc2n1-c1ccnc(C(C)(C)C)c1. The number of pyridine rings is 1. The summed E-state index contributed by atoms with van der Waals surface area (Å²) in [6, 6.07) is 10.3. The van der Waals surface area contributed by atoms with Crippen LogP contribution in [0.25, 0.3) is 16.7 Å². The van der Waals surface area contributed by atoms with Gasteiger partial charge in [-0.2, -0.15) is 4.98 Å². The van der Waals surface area contributed by atoms with Crippen molar-refractivity contribution >= 4 is 22.7 Å². The van der Waals surface area contributed by atoms with Gasteiger partial charge >= 0.3 is 0 Å². The maximum absolute atomic E-state index is 13.3. The van der Waals surface area contributed by atoms with Crippen molar-refractivity contribution in [3.05, 3.63) is 82.6 Å². The van der Waals surface area contributed by atoms with Gasteiger partial charge in [-0.05, 0) is 48.4 Å². The third-order valence-electron chi connectivity index (χ3n) is 6.74.